The SMILES string of the molecule is I[I-]Nc1ccc(-c2c3nc(c(-c4ccccc4)c4ccc([nH]4)c(-c4ccccc4)c4nc(c(-c5ccccc5)c5[nH]c2CC5)C=C4)C=C3)cc1. The van der Waals surface area contributed by atoms with Crippen LogP contribution in [0.25, 0.3) is 79.8 Å². The Morgan fingerprint density at radius 2 is 0.843 bits per heavy atom. The maximum atomic E-state index is 5.43. The van der Waals surface area contributed by atoms with E-state index in [9.17, 15) is 0 Å². The molecule has 8 bridgehead atoms. The Labute approximate surface area is 317 Å². The number of fused-ring (bicyclic) bond motifs is 8. The molecular weight excluding hydrogens is 852 g/mol. The minimum absolute atomic E-state index is 0.102. The molecule has 0 saturated heterocycles. The molecule has 3 aliphatic heterocycles. The average Bonchev–Trinajstić information content (AvgIpc) is 4.02. The fraction of sp³-hybridized carbons (Fsp3) is 0.0455. The van der Waals surface area contributed by atoms with E-state index in [0.29, 0.717) is 0 Å². The summed E-state index contributed by atoms with van der Waals surface area (Å²) in [6.45, 7) is 0. The van der Waals surface area contributed by atoms with Crippen LogP contribution in [-0.2, 0) is 12.8 Å². The van der Waals surface area contributed by atoms with Gasteiger partial charge in [0.05, 0.1) is 5.69 Å². The van der Waals surface area contributed by atoms with Crippen LogP contribution < -0.4 is 21.0 Å². The molecule has 4 aromatic carbocycles. The standard InChI is InChI=1S/C44H32I2N5/c45-46-51-32-18-16-31(17-19-32)44-39-26-24-37(49-39)42(29-12-6-2-7-13-29)35-22-20-33(47-35)41(28-10-4-1-5-11-28)34-21-23-36(48-34)43(30-14-8-3-9-15-30)38-25-27-40(44)50-38/h1-24,26,47,50-51H,25,27H2/q-1. The second kappa shape index (κ2) is 14.0. The normalized spacial score (nSPS) is 12.6. The van der Waals surface area contributed by atoms with Gasteiger partial charge in [0.15, 0.2) is 0 Å². The summed E-state index contributed by atoms with van der Waals surface area (Å²) in [5.41, 5.74) is 18.1. The zero-order valence-corrected chi connectivity index (χ0v) is 31.8. The molecule has 0 atom stereocenters. The third-order valence-corrected chi connectivity index (χ3v) is 11.8. The van der Waals surface area contributed by atoms with Crippen LogP contribution in [0.1, 0.15) is 34.2 Å². The Bertz CT molecular complexity index is 2520. The minimum atomic E-state index is -0.102. The summed E-state index contributed by atoms with van der Waals surface area (Å²) in [6, 6.07) is 45.0. The van der Waals surface area contributed by atoms with Crippen LogP contribution in [0.2, 0.25) is 0 Å². The number of aromatic amines is 2. The van der Waals surface area contributed by atoms with Gasteiger partial charge in [0.2, 0.25) is 0 Å². The van der Waals surface area contributed by atoms with E-state index in [1.807, 2.05) is 0 Å². The molecule has 0 aliphatic carbocycles. The van der Waals surface area contributed by atoms with Crippen LogP contribution in [0.3, 0.4) is 0 Å². The van der Waals surface area contributed by atoms with Gasteiger partial charge in [-0.1, -0.05) is 66.7 Å². The molecule has 2 aromatic heterocycles. The summed E-state index contributed by atoms with van der Waals surface area (Å²) in [6.07, 6.45) is 10.4. The molecular formula is C44H32I2N5-. The van der Waals surface area contributed by atoms with Crippen LogP contribution in [0.4, 0.5) is 5.69 Å². The van der Waals surface area contributed by atoms with Crippen molar-refractivity contribution in [2.45, 2.75) is 12.8 Å². The quantitative estimate of drug-likeness (QED) is 0.116. The van der Waals surface area contributed by atoms with E-state index in [-0.39, 0.29) is 17.5 Å². The summed E-state index contributed by atoms with van der Waals surface area (Å²) < 4.78 is 3.54. The molecule has 0 amide bonds. The molecule has 248 valence electrons. The monoisotopic (exact) mass is 884 g/mol. The molecule has 0 spiro atoms. The Balaban J connectivity index is 1.44. The fourth-order valence-corrected chi connectivity index (χ4v) is 9.47. The van der Waals surface area contributed by atoms with Gasteiger partial charge in [-0.05, 0) is 17.7 Å². The van der Waals surface area contributed by atoms with Crippen molar-refractivity contribution in [3.05, 3.63) is 162 Å². The molecule has 5 nitrogen and oxygen atoms in total. The summed E-state index contributed by atoms with van der Waals surface area (Å²) in [4.78, 5) is 18.6. The van der Waals surface area contributed by atoms with E-state index < -0.39 is 0 Å². The molecule has 0 fully saturated rings. The van der Waals surface area contributed by atoms with Crippen LogP contribution in [0.15, 0.2) is 127 Å². The van der Waals surface area contributed by atoms with Crippen LogP contribution in [0, 0.1) is 0 Å². The molecule has 51 heavy (non-hydrogen) atoms. The number of hydrogen-bond donors (Lipinski definition) is 3. The number of aryl methyl sites for hydroxylation is 2. The second-order valence-corrected chi connectivity index (χ2v) is 16.3. The van der Waals surface area contributed by atoms with E-state index in [4.69, 9.17) is 9.97 Å². The van der Waals surface area contributed by atoms with Crippen molar-refractivity contribution in [3.8, 4) is 44.5 Å². The van der Waals surface area contributed by atoms with Gasteiger partial charge in [0.25, 0.3) is 0 Å². The number of anilines is 1. The van der Waals surface area contributed by atoms with Gasteiger partial charge in [0.1, 0.15) is 0 Å². The van der Waals surface area contributed by atoms with Crippen LogP contribution in [-0.4, -0.2) is 19.9 Å². The molecule has 0 unspecified atom stereocenters. The van der Waals surface area contributed by atoms with E-state index >= 15 is 0 Å². The van der Waals surface area contributed by atoms with Crippen LogP contribution in [0.5, 0.6) is 0 Å². The topological polar surface area (TPSA) is 69.4 Å². The summed E-state index contributed by atoms with van der Waals surface area (Å²) in [7, 11) is 0. The molecule has 5 heterocycles. The van der Waals surface area contributed by atoms with Gasteiger partial charge < -0.3 is 0 Å². The zero-order chi connectivity index (χ0) is 34.1. The predicted molar refractivity (Wildman–Crippen MR) is 217 cm³/mol. The number of halogens is 2. The van der Waals surface area contributed by atoms with Gasteiger partial charge >= 0.3 is 218 Å². The average molecular weight is 885 g/mol. The first-order chi connectivity index (χ1) is 25.2. The number of aromatic nitrogens is 4. The Hall–Kier alpha value is -5.00. The van der Waals surface area contributed by atoms with Crippen molar-refractivity contribution < 1.29 is 17.5 Å². The molecule has 3 N–H and O–H groups in total. The van der Waals surface area contributed by atoms with Crippen molar-refractivity contribution in [1.82, 2.24) is 19.9 Å². The zero-order valence-electron chi connectivity index (χ0n) is 27.5. The molecule has 6 aromatic rings. The summed E-state index contributed by atoms with van der Waals surface area (Å²) in [5.74, 6) is 0. The summed E-state index contributed by atoms with van der Waals surface area (Å²) >= 11 is 2.35. The number of nitrogens with one attached hydrogen (secondary N) is 3. The van der Waals surface area contributed by atoms with Gasteiger partial charge in [-0.25, -0.2) is 0 Å². The van der Waals surface area contributed by atoms with Crippen molar-refractivity contribution in [2.75, 3.05) is 3.53 Å². The van der Waals surface area contributed by atoms with Gasteiger partial charge in [-0.3, -0.25) is 0 Å². The first-order valence-corrected chi connectivity index (χ1v) is 24.3. The molecule has 7 heteroatoms. The number of rotatable bonds is 6. The maximum absolute atomic E-state index is 5.43. The third-order valence-electron chi connectivity index (χ3n) is 9.57. The number of hydrogen-bond acceptors (Lipinski definition) is 3. The van der Waals surface area contributed by atoms with Gasteiger partial charge in [0, 0.05) is 11.1 Å². The second-order valence-electron chi connectivity index (χ2n) is 12.6. The number of benzene rings is 4. The number of nitrogens with zero attached hydrogens (tertiary/aromatic N) is 2. The molecule has 0 saturated carbocycles. The van der Waals surface area contributed by atoms with Crippen LogP contribution >= 0.6 is 18.6 Å². The molecule has 9 rings (SSSR count). The van der Waals surface area contributed by atoms with Gasteiger partial charge in [-0.2, -0.15) is 0 Å². The van der Waals surface area contributed by atoms with E-state index in [2.05, 4.69) is 184 Å². The predicted octanol–water partition coefficient (Wildman–Crippen LogP) is 8.60. The third kappa shape index (κ3) is 6.18. The van der Waals surface area contributed by atoms with Crippen molar-refractivity contribution in [1.29, 1.82) is 0 Å². The van der Waals surface area contributed by atoms with E-state index in [0.717, 1.165) is 96.8 Å². The Morgan fingerprint density at radius 1 is 0.451 bits per heavy atom. The van der Waals surface area contributed by atoms with Crippen molar-refractivity contribution in [2.24, 2.45) is 0 Å². The first kappa shape index (κ1) is 31.9. The van der Waals surface area contributed by atoms with Crippen molar-refractivity contribution in [3.63, 3.8) is 0 Å². The van der Waals surface area contributed by atoms with E-state index in [1.54, 1.807) is 0 Å². The van der Waals surface area contributed by atoms with E-state index in [1.165, 1.54) is 11.4 Å². The Morgan fingerprint density at radius 3 is 1.27 bits per heavy atom. The fourth-order valence-electron chi connectivity index (χ4n) is 7.29. The Kier molecular flexibility index (Phi) is 8.74. The number of H-pyrrole nitrogens is 2. The summed E-state index contributed by atoms with van der Waals surface area (Å²) in [5, 5.41) is 0. The molecule has 3 aliphatic rings. The molecule has 0 radical (unpaired) electrons. The van der Waals surface area contributed by atoms with Gasteiger partial charge in [-0.15, -0.1) is 0 Å². The van der Waals surface area contributed by atoms with Crippen molar-refractivity contribution >= 4 is 59.6 Å². The first-order valence-electron chi connectivity index (χ1n) is 17.0.